The third kappa shape index (κ3) is 3.32. The van der Waals surface area contributed by atoms with Gasteiger partial charge in [-0.1, -0.05) is 25.4 Å². The van der Waals surface area contributed by atoms with Crippen LogP contribution in [0, 0.1) is 13.8 Å². The van der Waals surface area contributed by atoms with Crippen LogP contribution in [0.5, 0.6) is 0 Å². The van der Waals surface area contributed by atoms with Crippen LogP contribution in [0.25, 0.3) is 11.5 Å². The fraction of sp³-hybridized carbons (Fsp3) is 0.400. The molecule has 4 nitrogen and oxygen atoms in total. The Bertz CT molecular complexity index is 588. The van der Waals surface area contributed by atoms with Crippen LogP contribution in [-0.2, 0) is 6.54 Å². The largest absolute Gasteiger partial charge is 0.310 e. The normalized spacial score (nSPS) is 11.1. The van der Waals surface area contributed by atoms with Crippen LogP contribution in [0.1, 0.15) is 30.8 Å². The van der Waals surface area contributed by atoms with Gasteiger partial charge in [0.05, 0.1) is 5.02 Å². The number of hydrogen-bond acceptors (Lipinski definition) is 4. The van der Waals surface area contributed by atoms with Gasteiger partial charge in [-0.25, -0.2) is 9.97 Å². The topological polar surface area (TPSA) is 50.7 Å². The van der Waals surface area contributed by atoms with Gasteiger partial charge in [0, 0.05) is 35.7 Å². The van der Waals surface area contributed by atoms with Gasteiger partial charge >= 0.3 is 0 Å². The average Bonchev–Trinajstić information content (AvgIpc) is 2.37. The van der Waals surface area contributed by atoms with Crippen LogP contribution in [0.2, 0.25) is 5.02 Å². The van der Waals surface area contributed by atoms with Crippen LogP contribution >= 0.6 is 11.6 Å². The fourth-order valence-electron chi connectivity index (χ4n) is 1.96. The number of pyridine rings is 1. The Morgan fingerprint density at radius 2 is 1.85 bits per heavy atom. The van der Waals surface area contributed by atoms with Gasteiger partial charge in [-0.05, 0) is 26.0 Å². The summed E-state index contributed by atoms with van der Waals surface area (Å²) < 4.78 is 0. The molecule has 20 heavy (non-hydrogen) atoms. The smallest absolute Gasteiger partial charge is 0.180 e. The maximum absolute atomic E-state index is 6.15. The van der Waals surface area contributed by atoms with Crippen LogP contribution in [-0.4, -0.2) is 21.0 Å². The molecule has 0 atom stereocenters. The van der Waals surface area contributed by atoms with E-state index in [0.29, 0.717) is 22.6 Å². The summed E-state index contributed by atoms with van der Waals surface area (Å²) in [6, 6.07) is 4.03. The average molecular weight is 291 g/mol. The summed E-state index contributed by atoms with van der Waals surface area (Å²) in [5.74, 6) is 0.582. The minimum atomic E-state index is 0.429. The number of nitrogens with zero attached hydrogens (tertiary/aromatic N) is 3. The Morgan fingerprint density at radius 1 is 1.20 bits per heavy atom. The van der Waals surface area contributed by atoms with E-state index in [1.54, 1.807) is 18.3 Å². The van der Waals surface area contributed by atoms with Gasteiger partial charge < -0.3 is 5.32 Å². The van der Waals surface area contributed by atoms with Crippen molar-refractivity contribution in [3.05, 3.63) is 40.3 Å². The molecule has 0 saturated carbocycles. The van der Waals surface area contributed by atoms with Gasteiger partial charge in [0.1, 0.15) is 5.69 Å². The first kappa shape index (κ1) is 14.9. The molecule has 0 amide bonds. The van der Waals surface area contributed by atoms with E-state index in [-0.39, 0.29) is 0 Å². The van der Waals surface area contributed by atoms with E-state index in [1.807, 2.05) is 13.8 Å². The molecule has 2 aromatic rings. The fourth-order valence-corrected chi connectivity index (χ4v) is 2.16. The van der Waals surface area contributed by atoms with Crippen molar-refractivity contribution >= 4 is 11.6 Å². The lowest BCUT2D eigenvalue weighted by molar-refractivity contribution is 0.583. The molecule has 0 spiro atoms. The molecular weight excluding hydrogens is 272 g/mol. The first-order chi connectivity index (χ1) is 9.49. The van der Waals surface area contributed by atoms with E-state index in [2.05, 4.69) is 34.1 Å². The van der Waals surface area contributed by atoms with Crippen molar-refractivity contribution in [2.45, 2.75) is 40.3 Å². The number of aromatic nitrogens is 3. The highest BCUT2D eigenvalue weighted by Gasteiger charge is 2.13. The Kier molecular flexibility index (Phi) is 4.68. The van der Waals surface area contributed by atoms with Crippen LogP contribution in [0.4, 0.5) is 0 Å². The molecule has 0 radical (unpaired) electrons. The number of rotatable bonds is 4. The maximum Gasteiger partial charge on any atom is 0.180 e. The SMILES string of the molecule is Cc1nc(-c2ncccc2Cl)nc(C)c1CNC(C)C. The third-order valence-electron chi connectivity index (χ3n) is 3.08. The first-order valence-corrected chi connectivity index (χ1v) is 7.05. The molecule has 106 valence electrons. The summed E-state index contributed by atoms with van der Waals surface area (Å²) in [6.07, 6.45) is 1.70. The monoisotopic (exact) mass is 290 g/mol. The second-order valence-electron chi connectivity index (χ2n) is 5.07. The zero-order valence-electron chi connectivity index (χ0n) is 12.2. The summed E-state index contributed by atoms with van der Waals surface area (Å²) >= 11 is 6.15. The van der Waals surface area contributed by atoms with Crippen molar-refractivity contribution in [3.8, 4) is 11.5 Å². The first-order valence-electron chi connectivity index (χ1n) is 6.67. The van der Waals surface area contributed by atoms with Crippen molar-refractivity contribution in [2.24, 2.45) is 0 Å². The molecule has 0 fully saturated rings. The summed E-state index contributed by atoms with van der Waals surface area (Å²) in [5, 5.41) is 3.96. The van der Waals surface area contributed by atoms with E-state index in [0.717, 1.165) is 23.5 Å². The Balaban J connectivity index is 2.38. The summed E-state index contributed by atoms with van der Waals surface area (Å²) in [4.78, 5) is 13.4. The Morgan fingerprint density at radius 3 is 2.40 bits per heavy atom. The quantitative estimate of drug-likeness (QED) is 0.938. The molecule has 2 rings (SSSR count). The molecule has 0 bridgehead atoms. The van der Waals surface area contributed by atoms with E-state index in [4.69, 9.17) is 11.6 Å². The molecule has 0 aliphatic carbocycles. The van der Waals surface area contributed by atoms with Crippen molar-refractivity contribution in [1.82, 2.24) is 20.3 Å². The van der Waals surface area contributed by atoms with E-state index in [1.165, 1.54) is 0 Å². The van der Waals surface area contributed by atoms with Gasteiger partial charge in [-0.2, -0.15) is 0 Å². The Labute approximate surface area is 124 Å². The van der Waals surface area contributed by atoms with Crippen molar-refractivity contribution in [1.29, 1.82) is 0 Å². The molecule has 2 aromatic heterocycles. The molecule has 0 aromatic carbocycles. The minimum Gasteiger partial charge on any atom is -0.310 e. The Hall–Kier alpha value is -1.52. The van der Waals surface area contributed by atoms with Gasteiger partial charge in [0.15, 0.2) is 5.82 Å². The molecular formula is C15H19ClN4. The molecule has 0 aliphatic heterocycles. The zero-order chi connectivity index (χ0) is 14.7. The van der Waals surface area contributed by atoms with E-state index >= 15 is 0 Å². The van der Waals surface area contributed by atoms with Crippen molar-refractivity contribution in [3.63, 3.8) is 0 Å². The highest BCUT2D eigenvalue weighted by atomic mass is 35.5. The number of nitrogens with one attached hydrogen (secondary N) is 1. The highest BCUT2D eigenvalue weighted by molar-refractivity contribution is 6.32. The third-order valence-corrected chi connectivity index (χ3v) is 3.38. The van der Waals surface area contributed by atoms with E-state index < -0.39 is 0 Å². The van der Waals surface area contributed by atoms with Crippen LogP contribution in [0.3, 0.4) is 0 Å². The standard InChI is InChI=1S/C15H19ClN4/c1-9(2)18-8-12-10(3)19-15(20-11(12)4)14-13(16)6-5-7-17-14/h5-7,9,18H,8H2,1-4H3. The molecule has 2 heterocycles. The summed E-state index contributed by atoms with van der Waals surface area (Å²) in [7, 11) is 0. The predicted octanol–water partition coefficient (Wildman–Crippen LogP) is 3.31. The number of aryl methyl sites for hydroxylation is 2. The van der Waals surface area contributed by atoms with Crippen molar-refractivity contribution < 1.29 is 0 Å². The zero-order valence-corrected chi connectivity index (χ0v) is 13.0. The minimum absolute atomic E-state index is 0.429. The summed E-state index contributed by atoms with van der Waals surface area (Å²) in [6.45, 7) is 8.99. The predicted molar refractivity (Wildman–Crippen MR) is 81.7 cm³/mol. The van der Waals surface area contributed by atoms with Gasteiger partial charge in [0.2, 0.25) is 0 Å². The van der Waals surface area contributed by atoms with Crippen LogP contribution in [0.15, 0.2) is 18.3 Å². The van der Waals surface area contributed by atoms with Gasteiger partial charge in [0.25, 0.3) is 0 Å². The second kappa shape index (κ2) is 6.29. The number of halogens is 1. The number of hydrogen-bond donors (Lipinski definition) is 1. The van der Waals surface area contributed by atoms with E-state index in [9.17, 15) is 0 Å². The summed E-state index contributed by atoms with van der Waals surface area (Å²) in [5.41, 5.74) is 3.68. The molecule has 1 N–H and O–H groups in total. The molecule has 5 heteroatoms. The van der Waals surface area contributed by atoms with Gasteiger partial charge in [-0.3, -0.25) is 4.98 Å². The highest BCUT2D eigenvalue weighted by Crippen LogP contribution is 2.23. The lowest BCUT2D eigenvalue weighted by Gasteiger charge is -2.13. The lowest BCUT2D eigenvalue weighted by Crippen LogP contribution is -2.23. The van der Waals surface area contributed by atoms with Crippen LogP contribution < -0.4 is 5.32 Å². The molecule has 0 aliphatic rings. The molecule has 0 saturated heterocycles. The lowest BCUT2D eigenvalue weighted by atomic mass is 10.1. The maximum atomic E-state index is 6.15. The molecule has 0 unspecified atom stereocenters. The van der Waals surface area contributed by atoms with Gasteiger partial charge in [-0.15, -0.1) is 0 Å². The van der Waals surface area contributed by atoms with Crippen molar-refractivity contribution in [2.75, 3.05) is 0 Å². The second-order valence-corrected chi connectivity index (χ2v) is 5.47.